The Kier molecular flexibility index (Phi) is 5.76. The average Bonchev–Trinajstić information content (AvgIpc) is 3.02. The van der Waals surface area contributed by atoms with Crippen LogP contribution in [0.15, 0.2) is 60.4 Å². The van der Waals surface area contributed by atoms with Crippen LogP contribution in [0.1, 0.15) is 5.56 Å². The van der Waals surface area contributed by atoms with E-state index in [0.717, 1.165) is 0 Å². The number of carbonyl (C=O) groups excluding carboxylic acids is 2. The fourth-order valence-corrected chi connectivity index (χ4v) is 3.01. The lowest BCUT2D eigenvalue weighted by molar-refractivity contribution is -0.150. The van der Waals surface area contributed by atoms with E-state index < -0.39 is 23.7 Å². The first kappa shape index (κ1) is 18.9. The first-order chi connectivity index (χ1) is 13.0. The first-order valence-electron chi connectivity index (χ1n) is 8.24. The van der Waals surface area contributed by atoms with Crippen molar-refractivity contribution < 1.29 is 23.5 Å². The van der Waals surface area contributed by atoms with Crippen molar-refractivity contribution in [3.05, 3.63) is 76.8 Å². The summed E-state index contributed by atoms with van der Waals surface area (Å²) in [5.74, 6) is -0.735. The van der Waals surface area contributed by atoms with Crippen molar-refractivity contribution in [2.24, 2.45) is 0 Å². The zero-order chi connectivity index (χ0) is 19.4. The van der Waals surface area contributed by atoms with E-state index in [0.29, 0.717) is 22.1 Å². The highest BCUT2D eigenvalue weighted by Gasteiger charge is 2.35. The summed E-state index contributed by atoms with van der Waals surface area (Å²) in [4.78, 5) is 26.0. The standard InChI is InChI=1S/C20H17ClFNO4/c1-26-20(25)17(10-13-6-2-4-8-16(13)22)23-12-14(11-19(23)24)27-18-9-5-3-7-15(18)21/h2-9,11,17H,10,12H2,1H3. The Balaban J connectivity index is 1.78. The molecular weight excluding hydrogens is 373 g/mol. The number of rotatable bonds is 6. The Bertz CT molecular complexity index is 899. The molecule has 2 aromatic carbocycles. The number of hydrogen-bond donors (Lipinski definition) is 0. The highest BCUT2D eigenvalue weighted by atomic mass is 35.5. The average molecular weight is 390 g/mol. The van der Waals surface area contributed by atoms with Crippen LogP contribution in [-0.2, 0) is 20.7 Å². The van der Waals surface area contributed by atoms with Crippen LogP contribution in [-0.4, -0.2) is 36.5 Å². The predicted molar refractivity (Wildman–Crippen MR) is 97.8 cm³/mol. The topological polar surface area (TPSA) is 55.8 Å². The molecule has 3 rings (SSSR count). The normalized spacial score (nSPS) is 14.7. The van der Waals surface area contributed by atoms with Crippen molar-refractivity contribution in [3.8, 4) is 5.75 Å². The highest BCUT2D eigenvalue weighted by Crippen LogP contribution is 2.27. The number of carbonyl (C=O) groups is 2. The van der Waals surface area contributed by atoms with E-state index in [-0.39, 0.29) is 13.0 Å². The summed E-state index contributed by atoms with van der Waals surface area (Å²) in [5.41, 5.74) is 0.321. The molecule has 0 N–H and O–H groups in total. The Hall–Kier alpha value is -2.86. The number of amides is 1. The molecular formula is C20H17ClFNO4. The Morgan fingerprint density at radius 2 is 1.93 bits per heavy atom. The molecule has 0 aromatic heterocycles. The summed E-state index contributed by atoms with van der Waals surface area (Å²) in [7, 11) is 1.23. The van der Waals surface area contributed by atoms with E-state index >= 15 is 0 Å². The summed E-state index contributed by atoms with van der Waals surface area (Å²) in [6.07, 6.45) is 1.29. The van der Waals surface area contributed by atoms with Crippen molar-refractivity contribution in [2.45, 2.75) is 12.5 Å². The van der Waals surface area contributed by atoms with Gasteiger partial charge in [0, 0.05) is 12.5 Å². The zero-order valence-electron chi connectivity index (χ0n) is 14.5. The van der Waals surface area contributed by atoms with E-state index in [2.05, 4.69) is 0 Å². The van der Waals surface area contributed by atoms with Gasteiger partial charge in [-0.15, -0.1) is 0 Å². The molecule has 0 bridgehead atoms. The molecule has 0 fully saturated rings. The van der Waals surface area contributed by atoms with E-state index in [1.807, 2.05) is 0 Å². The van der Waals surface area contributed by atoms with Crippen molar-refractivity contribution in [1.82, 2.24) is 4.90 Å². The van der Waals surface area contributed by atoms with Crippen molar-refractivity contribution in [3.63, 3.8) is 0 Å². The minimum absolute atomic E-state index is 0.00169. The van der Waals surface area contributed by atoms with E-state index in [1.165, 1.54) is 24.2 Å². The van der Waals surface area contributed by atoms with Gasteiger partial charge in [-0.05, 0) is 23.8 Å². The third kappa shape index (κ3) is 4.28. The molecule has 0 aliphatic carbocycles. The summed E-state index contributed by atoms with van der Waals surface area (Å²) in [6, 6.07) is 12.0. The second-order valence-corrected chi connectivity index (χ2v) is 6.35. The molecule has 0 radical (unpaired) electrons. The number of ether oxygens (including phenoxy) is 2. The third-order valence-corrected chi connectivity index (χ3v) is 4.50. The van der Waals surface area contributed by atoms with E-state index in [4.69, 9.17) is 21.1 Å². The number of nitrogens with zero attached hydrogens (tertiary/aromatic N) is 1. The van der Waals surface area contributed by atoms with Crippen LogP contribution in [0.2, 0.25) is 5.02 Å². The largest absolute Gasteiger partial charge is 0.467 e. The minimum Gasteiger partial charge on any atom is -0.467 e. The van der Waals surface area contributed by atoms with Gasteiger partial charge in [0.25, 0.3) is 5.91 Å². The molecule has 140 valence electrons. The summed E-state index contributed by atoms with van der Waals surface area (Å²) in [5, 5.41) is 0.403. The van der Waals surface area contributed by atoms with Crippen molar-refractivity contribution in [1.29, 1.82) is 0 Å². The second-order valence-electron chi connectivity index (χ2n) is 5.94. The van der Waals surface area contributed by atoms with E-state index in [1.54, 1.807) is 42.5 Å². The molecule has 7 heteroatoms. The van der Waals surface area contributed by atoms with Gasteiger partial charge in [0.05, 0.1) is 18.7 Å². The molecule has 0 saturated carbocycles. The third-order valence-electron chi connectivity index (χ3n) is 4.19. The molecule has 1 heterocycles. The molecule has 1 atom stereocenters. The van der Waals surface area contributed by atoms with Crippen LogP contribution < -0.4 is 4.74 Å². The molecule has 2 aromatic rings. The number of halogens is 2. The number of hydrogen-bond acceptors (Lipinski definition) is 4. The van der Waals surface area contributed by atoms with Crippen LogP contribution in [0.5, 0.6) is 5.75 Å². The SMILES string of the molecule is COC(=O)C(Cc1ccccc1F)N1CC(Oc2ccccc2Cl)=CC1=O. The maximum absolute atomic E-state index is 14.0. The lowest BCUT2D eigenvalue weighted by atomic mass is 10.0. The number of methoxy groups -OCH3 is 1. The van der Waals surface area contributed by atoms with Gasteiger partial charge in [-0.1, -0.05) is 41.9 Å². The summed E-state index contributed by atoms with van der Waals surface area (Å²) >= 11 is 6.07. The molecule has 0 saturated heterocycles. The van der Waals surface area contributed by atoms with Gasteiger partial charge in [-0.2, -0.15) is 0 Å². The smallest absolute Gasteiger partial charge is 0.328 e. The maximum Gasteiger partial charge on any atom is 0.328 e. The van der Waals surface area contributed by atoms with Gasteiger partial charge in [0.1, 0.15) is 23.4 Å². The van der Waals surface area contributed by atoms with Gasteiger partial charge in [0.2, 0.25) is 0 Å². The van der Waals surface area contributed by atoms with Crippen molar-refractivity contribution >= 4 is 23.5 Å². The second kappa shape index (κ2) is 8.22. The lowest BCUT2D eigenvalue weighted by Crippen LogP contribution is -2.45. The maximum atomic E-state index is 14.0. The fraction of sp³-hybridized carbons (Fsp3) is 0.200. The van der Waals surface area contributed by atoms with Crippen LogP contribution in [0, 0.1) is 5.82 Å². The van der Waals surface area contributed by atoms with Crippen molar-refractivity contribution in [2.75, 3.05) is 13.7 Å². The predicted octanol–water partition coefficient (Wildman–Crippen LogP) is 3.37. The van der Waals surface area contributed by atoms with Crippen LogP contribution in [0.4, 0.5) is 4.39 Å². The van der Waals surface area contributed by atoms with Gasteiger partial charge < -0.3 is 14.4 Å². The van der Waals surface area contributed by atoms with E-state index in [9.17, 15) is 14.0 Å². The first-order valence-corrected chi connectivity index (χ1v) is 8.62. The fourth-order valence-electron chi connectivity index (χ4n) is 2.84. The quantitative estimate of drug-likeness (QED) is 0.711. The minimum atomic E-state index is -0.969. The Labute approximate surface area is 160 Å². The monoisotopic (exact) mass is 389 g/mol. The highest BCUT2D eigenvalue weighted by molar-refractivity contribution is 6.32. The van der Waals surface area contributed by atoms with Crippen LogP contribution in [0.3, 0.4) is 0 Å². The summed E-state index contributed by atoms with van der Waals surface area (Å²) < 4.78 is 24.5. The molecule has 1 unspecified atom stereocenters. The Morgan fingerprint density at radius 1 is 1.22 bits per heavy atom. The molecule has 0 spiro atoms. The lowest BCUT2D eigenvalue weighted by Gasteiger charge is -2.26. The van der Waals surface area contributed by atoms with Gasteiger partial charge in [-0.3, -0.25) is 4.79 Å². The van der Waals surface area contributed by atoms with Gasteiger partial charge >= 0.3 is 5.97 Å². The molecule has 27 heavy (non-hydrogen) atoms. The van der Waals surface area contributed by atoms with Gasteiger partial charge in [-0.25, -0.2) is 9.18 Å². The molecule has 5 nitrogen and oxygen atoms in total. The van der Waals surface area contributed by atoms with Gasteiger partial charge in [0.15, 0.2) is 0 Å². The Morgan fingerprint density at radius 3 is 2.63 bits per heavy atom. The number of para-hydroxylation sites is 1. The summed E-state index contributed by atoms with van der Waals surface area (Å²) in [6.45, 7) is 0.0538. The van der Waals surface area contributed by atoms with Crippen LogP contribution >= 0.6 is 11.6 Å². The molecule has 1 aliphatic heterocycles. The molecule has 1 amide bonds. The molecule has 1 aliphatic rings. The van der Waals surface area contributed by atoms with Crippen LogP contribution in [0.25, 0.3) is 0 Å². The number of esters is 1. The number of benzene rings is 2. The zero-order valence-corrected chi connectivity index (χ0v) is 15.3.